The lowest BCUT2D eigenvalue weighted by atomic mass is 9.85. The Kier molecular flexibility index (Phi) is 4.94. The lowest BCUT2D eigenvalue weighted by Crippen LogP contribution is -2.51. The Bertz CT molecular complexity index is 289. The number of nitrogens with two attached hydrogens (primary N) is 1. The van der Waals surface area contributed by atoms with Crippen LogP contribution in [-0.4, -0.2) is 30.6 Å². The van der Waals surface area contributed by atoms with Crippen LogP contribution in [-0.2, 0) is 0 Å². The van der Waals surface area contributed by atoms with Gasteiger partial charge in [0.1, 0.15) is 0 Å². The average molecular weight is 266 g/mol. The molecule has 0 radical (unpaired) electrons. The summed E-state index contributed by atoms with van der Waals surface area (Å²) in [5.41, 5.74) is 6.30. The molecule has 0 aromatic rings. The highest BCUT2D eigenvalue weighted by Crippen LogP contribution is 2.48. The van der Waals surface area contributed by atoms with Gasteiger partial charge in [-0.1, -0.05) is 20.3 Å². The number of fused-ring (bicyclic) bond motifs is 2. The molecule has 112 valence electrons. The highest BCUT2D eigenvalue weighted by molar-refractivity contribution is 4.94. The summed E-state index contributed by atoms with van der Waals surface area (Å²) in [6, 6.07) is 0. The van der Waals surface area contributed by atoms with Crippen LogP contribution < -0.4 is 5.73 Å². The highest BCUT2D eigenvalue weighted by Gasteiger charge is 2.41. The van der Waals surface area contributed by atoms with Gasteiger partial charge < -0.3 is 5.73 Å². The smallest absolute Gasteiger partial charge is 0.0300 e. The molecule has 2 fully saturated rings. The first-order valence-corrected chi connectivity index (χ1v) is 8.36. The van der Waals surface area contributed by atoms with E-state index in [0.717, 1.165) is 30.2 Å². The van der Waals surface area contributed by atoms with Crippen molar-refractivity contribution in [1.29, 1.82) is 0 Å². The summed E-state index contributed by atoms with van der Waals surface area (Å²) in [5, 5.41) is 0. The molecule has 0 heterocycles. The summed E-state index contributed by atoms with van der Waals surface area (Å²) < 4.78 is 0. The zero-order valence-corrected chi connectivity index (χ0v) is 13.5. The molecule has 0 aromatic heterocycles. The van der Waals surface area contributed by atoms with E-state index in [1.54, 1.807) is 0 Å². The third-order valence-electron chi connectivity index (χ3n) is 6.01. The van der Waals surface area contributed by atoms with Gasteiger partial charge in [-0.2, -0.15) is 0 Å². The van der Waals surface area contributed by atoms with Gasteiger partial charge in [-0.3, -0.25) is 4.90 Å². The Morgan fingerprint density at radius 2 is 2.00 bits per heavy atom. The van der Waals surface area contributed by atoms with Crippen LogP contribution >= 0.6 is 0 Å². The SMILES string of the molecule is CC(C)CCC(C)(CN)N(C)CC1CC2CCC1C2. The second kappa shape index (κ2) is 6.13. The van der Waals surface area contributed by atoms with Crippen LogP contribution in [0.1, 0.15) is 59.3 Å². The van der Waals surface area contributed by atoms with Crippen molar-refractivity contribution in [2.45, 2.75) is 64.8 Å². The maximum absolute atomic E-state index is 6.10. The van der Waals surface area contributed by atoms with Crippen LogP contribution in [0.4, 0.5) is 0 Å². The Balaban J connectivity index is 1.87. The minimum Gasteiger partial charge on any atom is -0.329 e. The summed E-state index contributed by atoms with van der Waals surface area (Å²) in [6.07, 6.45) is 8.53. The molecule has 0 aromatic carbocycles. The summed E-state index contributed by atoms with van der Waals surface area (Å²) in [5.74, 6) is 3.82. The van der Waals surface area contributed by atoms with Crippen molar-refractivity contribution in [3.05, 3.63) is 0 Å². The molecule has 2 N–H and O–H groups in total. The van der Waals surface area contributed by atoms with Gasteiger partial charge in [-0.15, -0.1) is 0 Å². The largest absolute Gasteiger partial charge is 0.329 e. The fourth-order valence-electron chi connectivity index (χ4n) is 4.22. The van der Waals surface area contributed by atoms with E-state index in [-0.39, 0.29) is 5.54 Å². The zero-order valence-electron chi connectivity index (χ0n) is 13.5. The first-order valence-electron chi connectivity index (χ1n) is 8.36. The van der Waals surface area contributed by atoms with Crippen LogP contribution in [0, 0.1) is 23.7 Å². The van der Waals surface area contributed by atoms with Gasteiger partial charge in [-0.25, -0.2) is 0 Å². The van der Waals surface area contributed by atoms with Crippen molar-refractivity contribution in [3.8, 4) is 0 Å². The number of hydrogen-bond acceptors (Lipinski definition) is 2. The maximum atomic E-state index is 6.10. The first kappa shape index (κ1) is 15.3. The fraction of sp³-hybridized carbons (Fsp3) is 1.00. The quantitative estimate of drug-likeness (QED) is 0.764. The summed E-state index contributed by atoms with van der Waals surface area (Å²) in [4.78, 5) is 2.58. The third-order valence-corrected chi connectivity index (χ3v) is 6.01. The Labute approximate surface area is 120 Å². The highest BCUT2D eigenvalue weighted by atomic mass is 15.2. The van der Waals surface area contributed by atoms with Crippen molar-refractivity contribution in [3.63, 3.8) is 0 Å². The molecule has 0 spiro atoms. The topological polar surface area (TPSA) is 29.3 Å². The summed E-state index contributed by atoms with van der Waals surface area (Å²) in [6.45, 7) is 9.05. The minimum absolute atomic E-state index is 0.200. The maximum Gasteiger partial charge on any atom is 0.0300 e. The minimum atomic E-state index is 0.200. The molecule has 2 bridgehead atoms. The molecule has 4 unspecified atom stereocenters. The van der Waals surface area contributed by atoms with Gasteiger partial charge in [0.15, 0.2) is 0 Å². The third kappa shape index (κ3) is 3.52. The number of nitrogens with zero attached hydrogens (tertiary/aromatic N) is 1. The molecular formula is C17H34N2. The van der Waals surface area contributed by atoms with Crippen LogP contribution in [0.5, 0.6) is 0 Å². The second-order valence-electron chi connectivity index (χ2n) is 7.95. The lowest BCUT2D eigenvalue weighted by Gasteiger charge is -2.41. The Hall–Kier alpha value is -0.0800. The predicted octanol–water partition coefficient (Wildman–Crippen LogP) is 3.51. The summed E-state index contributed by atoms with van der Waals surface area (Å²) >= 11 is 0. The van der Waals surface area contributed by atoms with Gasteiger partial charge in [0, 0.05) is 18.6 Å². The molecule has 0 saturated heterocycles. The van der Waals surface area contributed by atoms with Crippen LogP contribution in [0.15, 0.2) is 0 Å². The molecule has 0 aliphatic heterocycles. The van der Waals surface area contributed by atoms with Crippen LogP contribution in [0.2, 0.25) is 0 Å². The number of rotatable bonds is 7. The van der Waals surface area contributed by atoms with Crippen molar-refractivity contribution in [1.82, 2.24) is 4.90 Å². The summed E-state index contributed by atoms with van der Waals surface area (Å²) in [7, 11) is 2.30. The van der Waals surface area contributed by atoms with E-state index < -0.39 is 0 Å². The molecule has 0 amide bonds. The van der Waals surface area contributed by atoms with Crippen molar-refractivity contribution >= 4 is 0 Å². The van der Waals surface area contributed by atoms with Crippen LogP contribution in [0.25, 0.3) is 0 Å². The van der Waals surface area contributed by atoms with Crippen molar-refractivity contribution in [2.75, 3.05) is 20.1 Å². The van der Waals surface area contributed by atoms with Crippen molar-refractivity contribution < 1.29 is 0 Å². The molecule has 2 nitrogen and oxygen atoms in total. The fourth-order valence-corrected chi connectivity index (χ4v) is 4.22. The van der Waals surface area contributed by atoms with E-state index in [9.17, 15) is 0 Å². The first-order chi connectivity index (χ1) is 8.94. The van der Waals surface area contributed by atoms with E-state index >= 15 is 0 Å². The van der Waals surface area contributed by atoms with Gasteiger partial charge in [-0.05, 0) is 69.7 Å². The van der Waals surface area contributed by atoms with E-state index in [4.69, 9.17) is 5.73 Å². The second-order valence-corrected chi connectivity index (χ2v) is 7.95. The monoisotopic (exact) mass is 266 g/mol. The standard InChI is InChI=1S/C17H34N2/c1-13(2)7-8-17(3,12-18)19(4)11-16-10-14-5-6-15(16)9-14/h13-16H,5-12,18H2,1-4H3. The Morgan fingerprint density at radius 3 is 2.47 bits per heavy atom. The molecule has 2 rings (SSSR count). The van der Waals surface area contributed by atoms with Crippen LogP contribution in [0.3, 0.4) is 0 Å². The van der Waals surface area contributed by atoms with E-state index in [2.05, 4.69) is 32.7 Å². The normalized spacial score (nSPS) is 33.3. The molecule has 2 aliphatic rings. The van der Waals surface area contributed by atoms with Gasteiger partial charge in [0.05, 0.1) is 0 Å². The zero-order chi connectivity index (χ0) is 14.0. The molecule has 2 aliphatic carbocycles. The Morgan fingerprint density at radius 1 is 1.26 bits per heavy atom. The number of likely N-dealkylation sites (N-methyl/N-ethyl adjacent to an activating group) is 1. The van der Waals surface area contributed by atoms with E-state index in [1.165, 1.54) is 45.1 Å². The van der Waals surface area contributed by atoms with E-state index in [1.807, 2.05) is 0 Å². The molecule has 19 heavy (non-hydrogen) atoms. The molecule has 2 heteroatoms. The predicted molar refractivity (Wildman–Crippen MR) is 83.1 cm³/mol. The van der Waals surface area contributed by atoms with Crippen molar-refractivity contribution in [2.24, 2.45) is 29.4 Å². The van der Waals surface area contributed by atoms with Gasteiger partial charge in [0.25, 0.3) is 0 Å². The van der Waals surface area contributed by atoms with Gasteiger partial charge in [0.2, 0.25) is 0 Å². The average Bonchev–Trinajstić information content (AvgIpc) is 2.98. The molecule has 2 saturated carbocycles. The molecular weight excluding hydrogens is 232 g/mol. The lowest BCUT2D eigenvalue weighted by molar-refractivity contribution is 0.0925. The molecule has 4 atom stereocenters. The van der Waals surface area contributed by atoms with Gasteiger partial charge >= 0.3 is 0 Å². The van der Waals surface area contributed by atoms with E-state index in [0.29, 0.717) is 0 Å². The number of hydrogen-bond donors (Lipinski definition) is 1.